The Kier molecular flexibility index (Phi) is 6.67. The van der Waals surface area contributed by atoms with Crippen molar-refractivity contribution in [2.24, 2.45) is 11.8 Å². The van der Waals surface area contributed by atoms with Crippen LogP contribution >= 0.6 is 11.3 Å². The van der Waals surface area contributed by atoms with Crippen LogP contribution in [0.2, 0.25) is 0 Å². The highest BCUT2D eigenvalue weighted by molar-refractivity contribution is 7.11. The van der Waals surface area contributed by atoms with Gasteiger partial charge in [0, 0.05) is 4.88 Å². The maximum Gasteiger partial charge on any atom is 0.113 e. The zero-order valence-corrected chi connectivity index (χ0v) is 15.2. The minimum absolute atomic E-state index is 0.0576. The van der Waals surface area contributed by atoms with Crippen molar-refractivity contribution in [2.45, 2.75) is 73.3 Å². The van der Waals surface area contributed by atoms with E-state index in [4.69, 9.17) is 4.98 Å². The Bertz CT molecular complexity index is 378. The Labute approximate surface area is 129 Å². The number of rotatable bonds is 8. The van der Waals surface area contributed by atoms with Gasteiger partial charge in [-0.2, -0.15) is 0 Å². The summed E-state index contributed by atoms with van der Waals surface area (Å²) in [4.78, 5) is 6.25. The lowest BCUT2D eigenvalue weighted by Gasteiger charge is -2.36. The first kappa shape index (κ1) is 17.6. The molecule has 0 saturated heterocycles. The molecule has 1 aromatic rings. The zero-order valence-electron chi connectivity index (χ0n) is 14.3. The maximum atomic E-state index is 4.90. The zero-order chi connectivity index (χ0) is 15.3. The summed E-state index contributed by atoms with van der Waals surface area (Å²) in [7, 11) is 0. The van der Waals surface area contributed by atoms with Crippen molar-refractivity contribution in [3.8, 4) is 0 Å². The van der Waals surface area contributed by atoms with Crippen LogP contribution in [0.1, 0.15) is 69.5 Å². The van der Waals surface area contributed by atoms with E-state index < -0.39 is 0 Å². The molecule has 20 heavy (non-hydrogen) atoms. The van der Waals surface area contributed by atoms with Crippen LogP contribution in [0.15, 0.2) is 0 Å². The van der Waals surface area contributed by atoms with Gasteiger partial charge in [-0.3, -0.25) is 0 Å². The van der Waals surface area contributed by atoms with Gasteiger partial charge in [-0.15, -0.1) is 11.3 Å². The van der Waals surface area contributed by atoms with Crippen LogP contribution in [0.4, 0.5) is 0 Å². The molecule has 0 radical (unpaired) electrons. The van der Waals surface area contributed by atoms with Gasteiger partial charge in [0.2, 0.25) is 0 Å². The van der Waals surface area contributed by atoms with Crippen molar-refractivity contribution in [2.75, 3.05) is 6.54 Å². The van der Waals surface area contributed by atoms with E-state index in [1.165, 1.54) is 22.0 Å². The predicted molar refractivity (Wildman–Crippen MR) is 90.5 cm³/mol. The second-order valence-electron chi connectivity index (χ2n) is 6.87. The Hall–Kier alpha value is -0.410. The third kappa shape index (κ3) is 4.56. The smallest absolute Gasteiger partial charge is 0.113 e. The number of hydrogen-bond donors (Lipinski definition) is 1. The van der Waals surface area contributed by atoms with Gasteiger partial charge >= 0.3 is 0 Å². The van der Waals surface area contributed by atoms with Gasteiger partial charge in [0.1, 0.15) is 5.01 Å². The highest BCUT2D eigenvalue weighted by Gasteiger charge is 2.36. The van der Waals surface area contributed by atoms with Crippen molar-refractivity contribution >= 4 is 11.3 Å². The minimum atomic E-state index is 0.0576. The third-order valence-corrected chi connectivity index (χ3v) is 4.94. The molecule has 0 aliphatic heterocycles. The molecule has 0 amide bonds. The number of aryl methyl sites for hydroxylation is 2. The van der Waals surface area contributed by atoms with Crippen molar-refractivity contribution in [1.29, 1.82) is 0 Å². The monoisotopic (exact) mass is 296 g/mol. The first-order valence-electron chi connectivity index (χ1n) is 8.00. The molecule has 1 N–H and O–H groups in total. The summed E-state index contributed by atoms with van der Waals surface area (Å²) >= 11 is 1.88. The molecule has 2 nitrogen and oxygen atoms in total. The summed E-state index contributed by atoms with van der Waals surface area (Å²) in [5, 5.41) is 5.15. The van der Waals surface area contributed by atoms with E-state index in [2.05, 4.69) is 53.8 Å². The second-order valence-corrected chi connectivity index (χ2v) is 8.07. The normalized spacial score (nSPS) is 12.7. The number of thiazole rings is 1. The molecule has 0 atom stereocenters. The molecule has 1 rings (SSSR count). The lowest BCUT2D eigenvalue weighted by Crippen LogP contribution is -2.45. The van der Waals surface area contributed by atoms with E-state index in [0.717, 1.165) is 19.4 Å². The minimum Gasteiger partial charge on any atom is -0.305 e. The highest BCUT2D eigenvalue weighted by Crippen LogP contribution is 2.38. The molecule has 0 bridgehead atoms. The topological polar surface area (TPSA) is 24.9 Å². The van der Waals surface area contributed by atoms with Crippen molar-refractivity contribution in [1.82, 2.24) is 10.3 Å². The summed E-state index contributed by atoms with van der Waals surface area (Å²) in [5.74, 6) is 1.34. The van der Waals surface area contributed by atoms with Crippen LogP contribution in [0.5, 0.6) is 0 Å². The van der Waals surface area contributed by atoms with Gasteiger partial charge in [-0.1, -0.05) is 34.6 Å². The largest absolute Gasteiger partial charge is 0.305 e. The third-order valence-electron chi connectivity index (χ3n) is 3.66. The van der Waals surface area contributed by atoms with Crippen LogP contribution in [0, 0.1) is 25.7 Å². The van der Waals surface area contributed by atoms with Crippen molar-refractivity contribution in [3.05, 3.63) is 15.6 Å². The Morgan fingerprint density at radius 1 is 1.10 bits per heavy atom. The van der Waals surface area contributed by atoms with E-state index in [1.807, 2.05) is 11.3 Å². The van der Waals surface area contributed by atoms with Gasteiger partial charge < -0.3 is 5.32 Å². The van der Waals surface area contributed by atoms with E-state index in [1.54, 1.807) is 0 Å². The molecule has 0 fully saturated rings. The molecule has 0 aromatic carbocycles. The molecule has 1 aromatic heterocycles. The Morgan fingerprint density at radius 2 is 1.65 bits per heavy atom. The molecule has 1 heterocycles. The van der Waals surface area contributed by atoms with Crippen LogP contribution in [-0.4, -0.2) is 11.5 Å². The first-order chi connectivity index (χ1) is 9.30. The molecule has 3 heteroatoms. The van der Waals surface area contributed by atoms with Gasteiger partial charge in [-0.05, 0) is 51.5 Å². The fourth-order valence-corrected chi connectivity index (χ4v) is 4.01. The molecule has 0 spiro atoms. The first-order valence-corrected chi connectivity index (χ1v) is 8.82. The fraction of sp³-hybridized carbons (Fsp3) is 0.824. The summed E-state index contributed by atoms with van der Waals surface area (Å²) in [5.41, 5.74) is 1.25. The molecule has 0 aliphatic rings. The van der Waals surface area contributed by atoms with Crippen molar-refractivity contribution in [3.63, 3.8) is 0 Å². The second kappa shape index (κ2) is 7.56. The quantitative estimate of drug-likeness (QED) is 0.726. The molecular formula is C17H32N2S. The summed E-state index contributed by atoms with van der Waals surface area (Å²) in [6.07, 6.45) is 3.50. The fourth-order valence-electron chi connectivity index (χ4n) is 2.91. The van der Waals surface area contributed by atoms with Crippen LogP contribution in [0.25, 0.3) is 0 Å². The van der Waals surface area contributed by atoms with E-state index in [9.17, 15) is 0 Å². The number of aromatic nitrogens is 1. The standard InChI is InChI=1S/C17H32N2S/c1-8-9-18-17(10-12(2)3,11-13(4)5)16-19-14(6)15(7)20-16/h12-13,18H,8-11H2,1-7H3. The average Bonchev–Trinajstić information content (AvgIpc) is 2.66. The van der Waals surface area contributed by atoms with Crippen LogP contribution in [0.3, 0.4) is 0 Å². The number of hydrogen-bond acceptors (Lipinski definition) is 3. The Morgan fingerprint density at radius 3 is 2.00 bits per heavy atom. The van der Waals surface area contributed by atoms with Gasteiger partial charge in [0.15, 0.2) is 0 Å². The lowest BCUT2D eigenvalue weighted by molar-refractivity contribution is 0.224. The van der Waals surface area contributed by atoms with E-state index in [-0.39, 0.29) is 5.54 Å². The van der Waals surface area contributed by atoms with Gasteiger partial charge in [-0.25, -0.2) is 4.98 Å². The average molecular weight is 297 g/mol. The van der Waals surface area contributed by atoms with Crippen molar-refractivity contribution < 1.29 is 0 Å². The summed E-state index contributed by atoms with van der Waals surface area (Å²) < 4.78 is 0. The molecule has 0 saturated carbocycles. The van der Waals surface area contributed by atoms with Gasteiger partial charge in [0.25, 0.3) is 0 Å². The van der Waals surface area contributed by atoms with Gasteiger partial charge in [0.05, 0.1) is 11.2 Å². The molecule has 0 unspecified atom stereocenters. The van der Waals surface area contributed by atoms with Crippen LogP contribution < -0.4 is 5.32 Å². The number of nitrogens with one attached hydrogen (secondary N) is 1. The number of nitrogens with zero attached hydrogens (tertiary/aromatic N) is 1. The Balaban J connectivity index is 3.18. The summed E-state index contributed by atoms with van der Waals surface area (Å²) in [6.45, 7) is 16.9. The molecule has 0 aliphatic carbocycles. The van der Waals surface area contributed by atoms with E-state index >= 15 is 0 Å². The van der Waals surface area contributed by atoms with E-state index in [0.29, 0.717) is 11.8 Å². The summed E-state index contributed by atoms with van der Waals surface area (Å²) in [6, 6.07) is 0. The predicted octanol–water partition coefficient (Wildman–Crippen LogP) is 5.05. The molecular weight excluding hydrogens is 264 g/mol. The maximum absolute atomic E-state index is 4.90. The highest BCUT2D eigenvalue weighted by atomic mass is 32.1. The lowest BCUT2D eigenvalue weighted by atomic mass is 9.82. The molecule has 116 valence electrons. The SMILES string of the molecule is CCCNC(CC(C)C)(CC(C)C)c1nc(C)c(C)s1. The van der Waals surface area contributed by atoms with Crippen LogP contribution in [-0.2, 0) is 5.54 Å².